The average Bonchev–Trinajstić information content (AvgIpc) is 3.08. The maximum Gasteiger partial charge on any atom is 0.344 e. The number of rotatable bonds is 7. The van der Waals surface area contributed by atoms with Gasteiger partial charge in [0, 0.05) is 31.6 Å². The van der Waals surface area contributed by atoms with Gasteiger partial charge < -0.3 is 5.32 Å². The largest absolute Gasteiger partial charge is 0.344 e. The third-order valence-electron chi connectivity index (χ3n) is 6.07. The molecular weight excluding hydrogens is 470 g/mol. The first-order chi connectivity index (χ1) is 16.7. The van der Waals surface area contributed by atoms with Gasteiger partial charge in [0.15, 0.2) is 0 Å². The van der Waals surface area contributed by atoms with Crippen LogP contribution in [0.2, 0.25) is 0 Å². The van der Waals surface area contributed by atoms with E-state index in [0.29, 0.717) is 23.7 Å². The Balaban J connectivity index is 1.30. The summed E-state index contributed by atoms with van der Waals surface area (Å²) in [5.41, 5.74) is 2.49. The second kappa shape index (κ2) is 9.98. The highest BCUT2D eigenvalue weighted by Crippen LogP contribution is 2.27. The number of urea groups is 1. The summed E-state index contributed by atoms with van der Waals surface area (Å²) in [7, 11) is -3.59. The first-order valence-electron chi connectivity index (χ1n) is 11.2. The van der Waals surface area contributed by atoms with E-state index in [2.05, 4.69) is 10.7 Å². The number of sulfonamides is 1. The summed E-state index contributed by atoms with van der Waals surface area (Å²) in [6.07, 6.45) is 1.55. The predicted octanol–water partition coefficient (Wildman–Crippen LogP) is 1.10. The molecule has 2 aromatic rings. The molecule has 2 heterocycles. The van der Waals surface area contributed by atoms with Crippen LogP contribution in [0.25, 0.3) is 6.08 Å². The van der Waals surface area contributed by atoms with Crippen molar-refractivity contribution in [2.75, 3.05) is 32.7 Å². The first kappa shape index (κ1) is 24.6. The second-order valence-electron chi connectivity index (χ2n) is 8.53. The molecule has 1 atom stereocenters. The molecule has 0 aliphatic carbocycles. The molecule has 0 aromatic heterocycles. The number of nitrogens with one attached hydrogen (secondary N) is 2. The van der Waals surface area contributed by atoms with E-state index in [1.165, 1.54) is 9.71 Å². The third kappa shape index (κ3) is 5.42. The molecule has 10 nitrogen and oxygen atoms in total. The van der Waals surface area contributed by atoms with Crippen molar-refractivity contribution in [3.63, 3.8) is 0 Å². The molecule has 2 fully saturated rings. The van der Waals surface area contributed by atoms with Gasteiger partial charge in [0.2, 0.25) is 10.0 Å². The Morgan fingerprint density at radius 3 is 2.23 bits per heavy atom. The molecule has 35 heavy (non-hydrogen) atoms. The first-order valence-corrected chi connectivity index (χ1v) is 12.7. The van der Waals surface area contributed by atoms with Gasteiger partial charge in [-0.05, 0) is 24.1 Å². The lowest BCUT2D eigenvalue weighted by Gasteiger charge is -2.33. The third-order valence-corrected chi connectivity index (χ3v) is 7.63. The number of carbonyl (C=O) groups excluding carboxylic acids is 3. The van der Waals surface area contributed by atoms with Crippen LogP contribution in [0.15, 0.2) is 66.1 Å². The van der Waals surface area contributed by atoms with Gasteiger partial charge in [0.05, 0.1) is 6.54 Å². The van der Waals surface area contributed by atoms with Crippen LogP contribution in [-0.4, -0.2) is 73.2 Å². The van der Waals surface area contributed by atoms with Crippen molar-refractivity contribution in [2.24, 2.45) is 0 Å². The molecule has 11 heteroatoms. The highest BCUT2D eigenvalue weighted by molar-refractivity contribution is 7.92. The van der Waals surface area contributed by atoms with Gasteiger partial charge in [0.1, 0.15) is 5.54 Å². The number of hydrazine groups is 1. The summed E-state index contributed by atoms with van der Waals surface area (Å²) in [6, 6.07) is 17.2. The molecule has 2 aliphatic heterocycles. The SMILES string of the molecule is CC1(c2ccccc2)NC(=O)N(NC(=O)CN2CCN(S(=O)(=O)C=Cc3ccccc3)CC2)C1=O. The Kier molecular flexibility index (Phi) is 7.01. The lowest BCUT2D eigenvalue weighted by molar-refractivity contribution is -0.139. The number of nitrogens with zero attached hydrogens (tertiary/aromatic N) is 3. The van der Waals surface area contributed by atoms with Gasteiger partial charge in [0.25, 0.3) is 11.8 Å². The molecule has 0 bridgehead atoms. The maximum absolute atomic E-state index is 12.9. The normalized spacial score (nSPS) is 21.9. The Morgan fingerprint density at radius 2 is 1.60 bits per heavy atom. The minimum absolute atomic E-state index is 0.0765. The van der Waals surface area contributed by atoms with Crippen LogP contribution in [0.5, 0.6) is 0 Å². The van der Waals surface area contributed by atoms with E-state index in [1.807, 2.05) is 30.3 Å². The number of imide groups is 1. The Hall–Kier alpha value is -3.54. The summed E-state index contributed by atoms with van der Waals surface area (Å²) in [5.74, 6) is -1.12. The van der Waals surface area contributed by atoms with Gasteiger partial charge in [-0.3, -0.25) is 19.9 Å². The molecule has 2 N–H and O–H groups in total. The molecule has 1 unspecified atom stereocenters. The molecule has 4 rings (SSSR count). The van der Waals surface area contributed by atoms with Crippen LogP contribution in [-0.2, 0) is 25.2 Å². The fourth-order valence-electron chi connectivity index (χ4n) is 4.03. The Labute approximate surface area is 204 Å². The summed E-state index contributed by atoms with van der Waals surface area (Å²) >= 11 is 0. The van der Waals surface area contributed by atoms with E-state index in [-0.39, 0.29) is 19.6 Å². The summed E-state index contributed by atoms with van der Waals surface area (Å²) < 4.78 is 26.6. The summed E-state index contributed by atoms with van der Waals surface area (Å²) in [4.78, 5) is 39.7. The van der Waals surface area contributed by atoms with Gasteiger partial charge in [-0.25, -0.2) is 13.2 Å². The zero-order valence-electron chi connectivity index (χ0n) is 19.3. The number of piperazine rings is 1. The monoisotopic (exact) mass is 497 g/mol. The van der Waals surface area contributed by atoms with Gasteiger partial charge in [-0.1, -0.05) is 60.7 Å². The highest BCUT2D eigenvalue weighted by Gasteiger charge is 2.50. The topological polar surface area (TPSA) is 119 Å². The van der Waals surface area contributed by atoms with E-state index >= 15 is 0 Å². The Bertz CT molecular complexity index is 1230. The molecule has 2 aliphatic rings. The number of hydrogen-bond acceptors (Lipinski definition) is 6. The van der Waals surface area contributed by atoms with Crippen LogP contribution >= 0.6 is 0 Å². The minimum Gasteiger partial charge on any atom is -0.318 e. The summed E-state index contributed by atoms with van der Waals surface area (Å²) in [6.45, 7) is 2.64. The zero-order chi connectivity index (χ0) is 25.1. The number of carbonyl (C=O) groups is 3. The average molecular weight is 498 g/mol. The quantitative estimate of drug-likeness (QED) is 0.553. The van der Waals surface area contributed by atoms with Crippen LogP contribution in [0, 0.1) is 0 Å². The molecule has 2 saturated heterocycles. The molecule has 0 saturated carbocycles. The van der Waals surface area contributed by atoms with Crippen LogP contribution in [0.3, 0.4) is 0 Å². The standard InChI is InChI=1S/C24H27N5O5S/c1-24(20-10-6-3-7-11-20)22(31)29(23(32)25-24)26-21(30)18-27-13-15-28(16-14-27)35(33,34)17-12-19-8-4-2-5-9-19/h2-12,17H,13-16,18H2,1H3,(H,25,32)(H,26,30). The lowest BCUT2D eigenvalue weighted by atomic mass is 9.92. The van der Waals surface area contributed by atoms with Crippen LogP contribution < -0.4 is 10.7 Å². The van der Waals surface area contributed by atoms with Gasteiger partial charge in [-0.2, -0.15) is 9.31 Å². The van der Waals surface area contributed by atoms with Crippen molar-refractivity contribution < 1.29 is 22.8 Å². The van der Waals surface area contributed by atoms with Crippen LogP contribution in [0.1, 0.15) is 18.1 Å². The molecule has 184 valence electrons. The fraction of sp³-hybridized carbons (Fsp3) is 0.292. The summed E-state index contributed by atoms with van der Waals surface area (Å²) in [5, 5.41) is 4.52. The van der Waals surface area contributed by atoms with Crippen molar-refractivity contribution in [3.05, 3.63) is 77.2 Å². The van der Waals surface area contributed by atoms with Gasteiger partial charge >= 0.3 is 6.03 Å². The zero-order valence-corrected chi connectivity index (χ0v) is 20.1. The smallest absolute Gasteiger partial charge is 0.318 e. The van der Waals surface area contributed by atoms with Crippen LogP contribution in [0.4, 0.5) is 4.79 Å². The second-order valence-corrected chi connectivity index (χ2v) is 10.3. The van der Waals surface area contributed by atoms with E-state index in [9.17, 15) is 22.8 Å². The minimum atomic E-state index is -3.59. The predicted molar refractivity (Wildman–Crippen MR) is 130 cm³/mol. The number of benzene rings is 2. The Morgan fingerprint density at radius 1 is 1.00 bits per heavy atom. The molecule has 4 amide bonds. The van der Waals surface area contributed by atoms with E-state index < -0.39 is 33.4 Å². The fourth-order valence-corrected chi connectivity index (χ4v) is 5.20. The van der Waals surface area contributed by atoms with E-state index in [0.717, 1.165) is 5.56 Å². The van der Waals surface area contributed by atoms with Gasteiger partial charge in [-0.15, -0.1) is 0 Å². The van der Waals surface area contributed by atoms with Crippen molar-refractivity contribution in [1.82, 2.24) is 25.0 Å². The van der Waals surface area contributed by atoms with E-state index in [1.54, 1.807) is 48.2 Å². The molecular formula is C24H27N5O5S. The van der Waals surface area contributed by atoms with Crippen molar-refractivity contribution in [1.29, 1.82) is 0 Å². The highest BCUT2D eigenvalue weighted by atomic mass is 32.2. The van der Waals surface area contributed by atoms with Crippen molar-refractivity contribution in [2.45, 2.75) is 12.5 Å². The van der Waals surface area contributed by atoms with E-state index in [4.69, 9.17) is 0 Å². The molecule has 2 aromatic carbocycles. The molecule has 0 spiro atoms. The maximum atomic E-state index is 12.9. The molecule has 0 radical (unpaired) electrons. The van der Waals surface area contributed by atoms with Crippen molar-refractivity contribution in [3.8, 4) is 0 Å². The lowest BCUT2D eigenvalue weighted by Crippen LogP contribution is -2.54. The number of hydrogen-bond donors (Lipinski definition) is 2. The van der Waals surface area contributed by atoms with Crippen molar-refractivity contribution >= 4 is 33.9 Å². The number of amides is 4.